The SMILES string of the molecule is Cc1cc(NC(=O)c2cccc([N+](=O)[O-])c2)n(-c2nc3ccccc3n2CCO)n1. The molecular weight excluding hydrogens is 388 g/mol. The first-order valence-corrected chi connectivity index (χ1v) is 9.17. The van der Waals surface area contributed by atoms with Crippen LogP contribution >= 0.6 is 0 Å². The van der Waals surface area contributed by atoms with Crippen molar-refractivity contribution in [2.75, 3.05) is 11.9 Å². The molecule has 2 aromatic carbocycles. The molecule has 0 unspecified atom stereocenters. The van der Waals surface area contributed by atoms with Crippen molar-refractivity contribution >= 4 is 28.4 Å². The first-order valence-electron chi connectivity index (χ1n) is 9.17. The van der Waals surface area contributed by atoms with Gasteiger partial charge in [-0.05, 0) is 25.1 Å². The van der Waals surface area contributed by atoms with Crippen molar-refractivity contribution in [1.29, 1.82) is 0 Å². The molecule has 0 fully saturated rings. The molecule has 0 aliphatic carbocycles. The molecule has 2 aromatic heterocycles. The molecule has 0 aliphatic heterocycles. The van der Waals surface area contributed by atoms with E-state index < -0.39 is 10.8 Å². The predicted molar refractivity (Wildman–Crippen MR) is 110 cm³/mol. The maximum absolute atomic E-state index is 12.7. The van der Waals surface area contributed by atoms with E-state index in [0.717, 1.165) is 11.0 Å². The number of non-ortho nitro benzene ring substituents is 1. The number of nitro benzene ring substituents is 1. The first kappa shape index (κ1) is 19.3. The highest BCUT2D eigenvalue weighted by Gasteiger charge is 2.19. The van der Waals surface area contributed by atoms with Gasteiger partial charge in [-0.2, -0.15) is 9.78 Å². The molecule has 10 heteroatoms. The third kappa shape index (κ3) is 3.51. The van der Waals surface area contributed by atoms with Crippen LogP contribution in [0.2, 0.25) is 0 Å². The number of aryl methyl sites for hydroxylation is 1. The molecule has 4 rings (SSSR count). The van der Waals surface area contributed by atoms with Crippen molar-refractivity contribution in [1.82, 2.24) is 19.3 Å². The molecule has 2 N–H and O–H groups in total. The van der Waals surface area contributed by atoms with Crippen LogP contribution in [0.5, 0.6) is 0 Å². The van der Waals surface area contributed by atoms with Crippen LogP contribution in [0.4, 0.5) is 11.5 Å². The zero-order chi connectivity index (χ0) is 21.3. The van der Waals surface area contributed by atoms with Crippen LogP contribution in [0.15, 0.2) is 54.6 Å². The second-order valence-electron chi connectivity index (χ2n) is 6.62. The molecule has 1 amide bonds. The van der Waals surface area contributed by atoms with E-state index in [4.69, 9.17) is 0 Å². The zero-order valence-electron chi connectivity index (χ0n) is 16.0. The lowest BCUT2D eigenvalue weighted by Gasteiger charge is -2.11. The number of aliphatic hydroxyl groups excluding tert-OH is 1. The number of benzene rings is 2. The predicted octanol–water partition coefficient (Wildman–Crippen LogP) is 2.68. The molecule has 4 aromatic rings. The van der Waals surface area contributed by atoms with E-state index in [1.165, 1.54) is 28.9 Å². The van der Waals surface area contributed by atoms with Gasteiger partial charge in [-0.3, -0.25) is 14.9 Å². The molecule has 0 saturated carbocycles. The molecule has 30 heavy (non-hydrogen) atoms. The standard InChI is InChI=1S/C20H18N6O4/c1-13-11-18(22-19(28)14-5-4-6-15(12-14)26(29)30)25(23-13)20-21-16-7-2-3-8-17(16)24(20)9-10-27/h2-8,11-12,27H,9-10H2,1H3,(H,22,28). The number of imidazole rings is 1. The summed E-state index contributed by atoms with van der Waals surface area (Å²) in [6, 6.07) is 14.6. The molecule has 0 saturated heterocycles. The lowest BCUT2D eigenvalue weighted by molar-refractivity contribution is -0.384. The average Bonchev–Trinajstić information content (AvgIpc) is 3.28. The third-order valence-corrected chi connectivity index (χ3v) is 4.54. The quantitative estimate of drug-likeness (QED) is 0.374. The Kier molecular flexibility index (Phi) is 4.98. The number of anilines is 1. The monoisotopic (exact) mass is 406 g/mol. The van der Waals surface area contributed by atoms with Crippen LogP contribution < -0.4 is 5.32 Å². The zero-order valence-corrected chi connectivity index (χ0v) is 16.0. The summed E-state index contributed by atoms with van der Waals surface area (Å²) in [5.74, 6) is 0.288. The molecule has 152 valence electrons. The van der Waals surface area contributed by atoms with Gasteiger partial charge in [0, 0.05) is 30.3 Å². The van der Waals surface area contributed by atoms with Gasteiger partial charge in [-0.15, -0.1) is 0 Å². The fourth-order valence-corrected chi connectivity index (χ4v) is 3.24. The Balaban J connectivity index is 1.74. The van der Waals surface area contributed by atoms with E-state index in [2.05, 4.69) is 15.4 Å². The van der Waals surface area contributed by atoms with Crippen LogP contribution in [0.3, 0.4) is 0 Å². The number of nitro groups is 1. The summed E-state index contributed by atoms with van der Waals surface area (Å²) in [6.45, 7) is 1.98. The van der Waals surface area contributed by atoms with Crippen LogP contribution in [0, 0.1) is 17.0 Å². The Morgan fingerprint density at radius 1 is 1.20 bits per heavy atom. The number of para-hydroxylation sites is 2. The number of fused-ring (bicyclic) bond motifs is 1. The highest BCUT2D eigenvalue weighted by molar-refractivity contribution is 6.04. The number of aromatic nitrogens is 4. The number of amides is 1. The number of carbonyl (C=O) groups is 1. The molecule has 2 heterocycles. The third-order valence-electron chi connectivity index (χ3n) is 4.54. The van der Waals surface area contributed by atoms with E-state index in [-0.39, 0.29) is 17.9 Å². The summed E-state index contributed by atoms with van der Waals surface area (Å²) in [7, 11) is 0. The Morgan fingerprint density at radius 2 is 2.00 bits per heavy atom. The second-order valence-corrected chi connectivity index (χ2v) is 6.62. The molecule has 0 bridgehead atoms. The summed E-state index contributed by atoms with van der Waals surface area (Å²) in [5.41, 5.74) is 2.18. The minimum Gasteiger partial charge on any atom is -0.395 e. The fourth-order valence-electron chi connectivity index (χ4n) is 3.24. The van der Waals surface area contributed by atoms with Gasteiger partial charge in [0.05, 0.1) is 28.3 Å². The van der Waals surface area contributed by atoms with E-state index in [1.807, 2.05) is 28.8 Å². The Morgan fingerprint density at radius 3 is 2.77 bits per heavy atom. The van der Waals surface area contributed by atoms with Crippen LogP contribution in [0.1, 0.15) is 16.1 Å². The highest BCUT2D eigenvalue weighted by Crippen LogP contribution is 2.23. The number of nitrogens with zero attached hydrogens (tertiary/aromatic N) is 5. The fraction of sp³-hybridized carbons (Fsp3) is 0.150. The lowest BCUT2D eigenvalue weighted by atomic mass is 10.2. The van der Waals surface area contributed by atoms with Gasteiger partial charge >= 0.3 is 0 Å². The number of hydrogen-bond acceptors (Lipinski definition) is 6. The topological polar surface area (TPSA) is 128 Å². The summed E-state index contributed by atoms with van der Waals surface area (Å²) in [6.07, 6.45) is 0. The largest absolute Gasteiger partial charge is 0.395 e. The summed E-state index contributed by atoms with van der Waals surface area (Å²) in [4.78, 5) is 27.8. The summed E-state index contributed by atoms with van der Waals surface area (Å²) < 4.78 is 3.30. The lowest BCUT2D eigenvalue weighted by Crippen LogP contribution is -2.17. The van der Waals surface area contributed by atoms with Crippen molar-refractivity contribution in [3.05, 3.63) is 76.0 Å². The minimum absolute atomic E-state index is 0.0943. The van der Waals surface area contributed by atoms with Crippen molar-refractivity contribution < 1.29 is 14.8 Å². The minimum atomic E-state index is -0.553. The number of hydrogen-bond donors (Lipinski definition) is 2. The van der Waals surface area contributed by atoms with Crippen LogP contribution in [0.25, 0.3) is 17.0 Å². The van der Waals surface area contributed by atoms with Gasteiger partial charge in [-0.25, -0.2) is 4.98 Å². The highest BCUT2D eigenvalue weighted by atomic mass is 16.6. The Labute approximate surface area is 170 Å². The molecule has 0 atom stereocenters. The molecular formula is C20H18N6O4. The van der Waals surface area contributed by atoms with Gasteiger partial charge in [0.2, 0.25) is 5.95 Å². The maximum Gasteiger partial charge on any atom is 0.270 e. The smallest absolute Gasteiger partial charge is 0.270 e. The van der Waals surface area contributed by atoms with E-state index in [1.54, 1.807) is 13.0 Å². The van der Waals surface area contributed by atoms with Crippen LogP contribution in [-0.4, -0.2) is 41.9 Å². The number of aliphatic hydroxyl groups is 1. The molecule has 0 spiro atoms. The molecule has 10 nitrogen and oxygen atoms in total. The van der Waals surface area contributed by atoms with Gasteiger partial charge in [0.15, 0.2) is 0 Å². The van der Waals surface area contributed by atoms with Gasteiger partial charge in [0.25, 0.3) is 11.6 Å². The van der Waals surface area contributed by atoms with Gasteiger partial charge in [-0.1, -0.05) is 18.2 Å². The van der Waals surface area contributed by atoms with Gasteiger partial charge in [0.1, 0.15) is 5.82 Å². The second kappa shape index (κ2) is 7.76. The normalized spacial score (nSPS) is 11.0. The number of nitrogens with one attached hydrogen (secondary N) is 1. The molecule has 0 aliphatic rings. The Bertz CT molecular complexity index is 1260. The average molecular weight is 406 g/mol. The van der Waals surface area contributed by atoms with E-state index in [9.17, 15) is 20.0 Å². The summed E-state index contributed by atoms with van der Waals surface area (Å²) in [5, 5.41) is 27.7. The van der Waals surface area contributed by atoms with Crippen molar-refractivity contribution in [2.24, 2.45) is 0 Å². The van der Waals surface area contributed by atoms with E-state index >= 15 is 0 Å². The van der Waals surface area contributed by atoms with Crippen molar-refractivity contribution in [3.63, 3.8) is 0 Å². The number of rotatable bonds is 6. The van der Waals surface area contributed by atoms with Crippen LogP contribution in [-0.2, 0) is 6.54 Å². The van der Waals surface area contributed by atoms with Gasteiger partial charge < -0.3 is 15.0 Å². The first-order chi connectivity index (χ1) is 14.5. The number of carbonyl (C=O) groups excluding carboxylic acids is 1. The summed E-state index contributed by atoms with van der Waals surface area (Å²) >= 11 is 0. The maximum atomic E-state index is 12.7. The van der Waals surface area contributed by atoms with Crippen molar-refractivity contribution in [2.45, 2.75) is 13.5 Å². The van der Waals surface area contributed by atoms with E-state index in [0.29, 0.717) is 24.0 Å². The van der Waals surface area contributed by atoms with Crippen molar-refractivity contribution in [3.8, 4) is 5.95 Å². The molecule has 0 radical (unpaired) electrons. The Hall–Kier alpha value is -4.05.